The van der Waals surface area contributed by atoms with Crippen LogP contribution in [0.15, 0.2) is 0 Å². The van der Waals surface area contributed by atoms with Gasteiger partial charge in [-0.1, -0.05) is 13.8 Å². The smallest absolute Gasteiger partial charge is 0.225 e. The largest absolute Gasteiger partial charge is 0.341 e. The lowest BCUT2D eigenvalue weighted by Crippen LogP contribution is -2.35. The summed E-state index contributed by atoms with van der Waals surface area (Å²) in [6.07, 6.45) is 1.88. The van der Waals surface area contributed by atoms with Crippen LogP contribution in [0.4, 0.5) is 0 Å². The molecule has 2 N–H and O–H groups in total. The van der Waals surface area contributed by atoms with E-state index in [1.54, 1.807) is 0 Å². The first-order valence-corrected chi connectivity index (χ1v) is 4.69. The van der Waals surface area contributed by atoms with E-state index in [2.05, 4.69) is 0 Å². The molecule has 3 nitrogen and oxygen atoms in total. The maximum atomic E-state index is 11.6. The molecule has 1 amide bonds. The Morgan fingerprint density at radius 1 is 1.75 bits per heavy atom. The fourth-order valence-electron chi connectivity index (χ4n) is 1.47. The van der Waals surface area contributed by atoms with Crippen molar-refractivity contribution in [3.8, 4) is 0 Å². The molecule has 0 aromatic carbocycles. The van der Waals surface area contributed by atoms with Crippen LogP contribution < -0.4 is 5.73 Å². The lowest BCUT2D eigenvalue weighted by Gasteiger charge is -2.19. The van der Waals surface area contributed by atoms with Crippen LogP contribution >= 0.6 is 0 Å². The Hall–Kier alpha value is -0.570. The van der Waals surface area contributed by atoms with Gasteiger partial charge in [0.1, 0.15) is 0 Å². The van der Waals surface area contributed by atoms with E-state index >= 15 is 0 Å². The van der Waals surface area contributed by atoms with Gasteiger partial charge in [0.2, 0.25) is 5.91 Å². The second kappa shape index (κ2) is 3.90. The highest BCUT2D eigenvalue weighted by atomic mass is 16.2. The van der Waals surface area contributed by atoms with E-state index in [4.69, 9.17) is 5.73 Å². The first-order chi connectivity index (χ1) is 5.65. The molecule has 1 saturated heterocycles. The Morgan fingerprint density at radius 2 is 2.42 bits per heavy atom. The quantitative estimate of drug-likeness (QED) is 0.659. The van der Waals surface area contributed by atoms with Gasteiger partial charge in [-0.25, -0.2) is 0 Å². The van der Waals surface area contributed by atoms with Gasteiger partial charge in [0, 0.05) is 25.0 Å². The summed E-state index contributed by atoms with van der Waals surface area (Å²) >= 11 is 0. The summed E-state index contributed by atoms with van der Waals surface area (Å²) in [5, 5.41) is 0. The molecule has 2 unspecified atom stereocenters. The van der Waals surface area contributed by atoms with Crippen molar-refractivity contribution < 1.29 is 4.79 Å². The molecule has 1 rings (SSSR count). The molecule has 12 heavy (non-hydrogen) atoms. The highest BCUT2D eigenvalue weighted by Crippen LogP contribution is 2.12. The average Bonchev–Trinajstić information content (AvgIpc) is 2.49. The molecule has 0 spiro atoms. The van der Waals surface area contributed by atoms with E-state index in [-0.39, 0.29) is 17.9 Å². The molecule has 3 heteroatoms. The van der Waals surface area contributed by atoms with E-state index < -0.39 is 0 Å². The Labute approximate surface area is 73.9 Å². The number of nitrogens with two attached hydrogens (primary N) is 1. The number of nitrogens with zero attached hydrogens (tertiary/aromatic N) is 1. The van der Waals surface area contributed by atoms with Crippen LogP contribution in [0.5, 0.6) is 0 Å². The number of hydrogen-bond acceptors (Lipinski definition) is 2. The van der Waals surface area contributed by atoms with E-state index in [1.807, 2.05) is 18.7 Å². The van der Waals surface area contributed by atoms with Crippen molar-refractivity contribution in [3.63, 3.8) is 0 Å². The second-order valence-electron chi connectivity index (χ2n) is 3.64. The van der Waals surface area contributed by atoms with Gasteiger partial charge >= 0.3 is 0 Å². The maximum Gasteiger partial charge on any atom is 0.225 e. The molecule has 0 aliphatic carbocycles. The number of likely N-dealkylation sites (tertiary alicyclic amines) is 1. The van der Waals surface area contributed by atoms with Crippen LogP contribution in [0.1, 0.15) is 26.7 Å². The van der Waals surface area contributed by atoms with Gasteiger partial charge in [-0.3, -0.25) is 4.79 Å². The van der Waals surface area contributed by atoms with Crippen molar-refractivity contribution in [1.29, 1.82) is 0 Å². The van der Waals surface area contributed by atoms with E-state index in [1.165, 1.54) is 0 Å². The predicted molar refractivity (Wildman–Crippen MR) is 48.6 cm³/mol. The van der Waals surface area contributed by atoms with Crippen LogP contribution in [0.2, 0.25) is 0 Å². The number of hydrogen-bond donors (Lipinski definition) is 1. The molecule has 1 aliphatic heterocycles. The number of carbonyl (C=O) groups excluding carboxylic acids is 1. The Morgan fingerprint density at radius 3 is 2.83 bits per heavy atom. The fraction of sp³-hybridized carbons (Fsp3) is 0.889. The van der Waals surface area contributed by atoms with Crippen molar-refractivity contribution in [2.75, 3.05) is 13.1 Å². The topological polar surface area (TPSA) is 46.3 Å². The van der Waals surface area contributed by atoms with E-state index in [0.29, 0.717) is 0 Å². The number of carbonyl (C=O) groups is 1. The summed E-state index contributed by atoms with van der Waals surface area (Å²) in [6, 6.07) is 0.206. The standard InChI is InChI=1S/C9H18N2O/c1-3-7(2)9(12)11-5-4-8(10)6-11/h7-8H,3-6,10H2,1-2H3. The third-order valence-electron chi connectivity index (χ3n) is 2.57. The fourth-order valence-corrected chi connectivity index (χ4v) is 1.47. The summed E-state index contributed by atoms with van der Waals surface area (Å²) < 4.78 is 0. The molecule has 70 valence electrons. The summed E-state index contributed by atoms with van der Waals surface area (Å²) in [6.45, 7) is 5.62. The average molecular weight is 170 g/mol. The molecule has 1 heterocycles. The zero-order valence-corrected chi connectivity index (χ0v) is 7.92. The first-order valence-electron chi connectivity index (χ1n) is 4.69. The Kier molecular flexibility index (Phi) is 3.09. The third-order valence-corrected chi connectivity index (χ3v) is 2.57. The Bertz CT molecular complexity index is 170. The zero-order valence-electron chi connectivity index (χ0n) is 7.92. The maximum absolute atomic E-state index is 11.6. The molecular weight excluding hydrogens is 152 g/mol. The van der Waals surface area contributed by atoms with Crippen molar-refractivity contribution in [2.45, 2.75) is 32.7 Å². The highest BCUT2D eigenvalue weighted by Gasteiger charge is 2.25. The van der Waals surface area contributed by atoms with E-state index in [9.17, 15) is 4.79 Å². The van der Waals surface area contributed by atoms with Gasteiger partial charge in [-0.2, -0.15) is 0 Å². The molecule has 1 fully saturated rings. The summed E-state index contributed by atoms with van der Waals surface area (Å²) in [5.41, 5.74) is 5.71. The van der Waals surface area contributed by atoms with Crippen molar-refractivity contribution in [1.82, 2.24) is 4.90 Å². The normalized spacial score (nSPS) is 25.9. The molecule has 0 bridgehead atoms. The SMILES string of the molecule is CCC(C)C(=O)N1CCC(N)C1. The van der Waals surface area contributed by atoms with Gasteiger partial charge in [-0.05, 0) is 12.8 Å². The summed E-state index contributed by atoms with van der Waals surface area (Å²) in [4.78, 5) is 13.5. The van der Waals surface area contributed by atoms with Gasteiger partial charge in [0.25, 0.3) is 0 Å². The summed E-state index contributed by atoms with van der Waals surface area (Å²) in [7, 11) is 0. The lowest BCUT2D eigenvalue weighted by atomic mass is 10.1. The van der Waals surface area contributed by atoms with Crippen LogP contribution in [0.3, 0.4) is 0 Å². The molecule has 2 atom stereocenters. The lowest BCUT2D eigenvalue weighted by molar-refractivity contribution is -0.134. The minimum absolute atomic E-state index is 0.162. The predicted octanol–water partition coefficient (Wildman–Crippen LogP) is 0.592. The second-order valence-corrected chi connectivity index (χ2v) is 3.64. The minimum atomic E-state index is 0.162. The number of amides is 1. The molecule has 0 aromatic rings. The summed E-state index contributed by atoms with van der Waals surface area (Å²) in [5.74, 6) is 0.431. The van der Waals surface area contributed by atoms with Crippen molar-refractivity contribution in [2.24, 2.45) is 11.7 Å². The van der Waals surface area contributed by atoms with Gasteiger partial charge in [0.15, 0.2) is 0 Å². The van der Waals surface area contributed by atoms with E-state index in [0.717, 1.165) is 25.9 Å². The molecule has 0 radical (unpaired) electrons. The monoisotopic (exact) mass is 170 g/mol. The molecule has 1 aliphatic rings. The van der Waals surface area contributed by atoms with Crippen LogP contribution in [0, 0.1) is 5.92 Å². The van der Waals surface area contributed by atoms with Crippen molar-refractivity contribution >= 4 is 5.91 Å². The molecule has 0 aromatic heterocycles. The van der Waals surface area contributed by atoms with Gasteiger partial charge in [-0.15, -0.1) is 0 Å². The molecule has 0 saturated carbocycles. The first kappa shape index (κ1) is 9.52. The zero-order chi connectivity index (χ0) is 9.14. The van der Waals surface area contributed by atoms with Crippen LogP contribution in [-0.2, 0) is 4.79 Å². The Balaban J connectivity index is 2.43. The van der Waals surface area contributed by atoms with Gasteiger partial charge < -0.3 is 10.6 Å². The number of rotatable bonds is 2. The van der Waals surface area contributed by atoms with Gasteiger partial charge in [0.05, 0.1) is 0 Å². The van der Waals surface area contributed by atoms with Crippen LogP contribution in [-0.4, -0.2) is 29.9 Å². The highest BCUT2D eigenvalue weighted by molar-refractivity contribution is 5.78. The molecular formula is C9H18N2O. The minimum Gasteiger partial charge on any atom is -0.341 e. The van der Waals surface area contributed by atoms with Crippen molar-refractivity contribution in [3.05, 3.63) is 0 Å². The van der Waals surface area contributed by atoms with Crippen LogP contribution in [0.25, 0.3) is 0 Å². The third kappa shape index (κ3) is 1.97.